The minimum atomic E-state index is 0.0793. The van der Waals surface area contributed by atoms with Gasteiger partial charge in [-0.15, -0.1) is 0 Å². The molecule has 4 heterocycles. The maximum atomic E-state index is 13.2. The molecule has 2 aromatic heterocycles. The molecule has 148 valence electrons. The molecule has 29 heavy (non-hydrogen) atoms. The highest BCUT2D eigenvalue weighted by molar-refractivity contribution is 5.60. The quantitative estimate of drug-likeness (QED) is 0.688. The Labute approximate surface area is 169 Å². The van der Waals surface area contributed by atoms with Crippen LogP contribution in [-0.2, 0) is 13.1 Å². The minimum Gasteiger partial charge on any atom is -0.497 e. The fourth-order valence-corrected chi connectivity index (χ4v) is 4.82. The molecular weight excluding hydrogens is 364 g/mol. The molecule has 0 amide bonds. The Morgan fingerprint density at radius 1 is 1.03 bits per heavy atom. The lowest BCUT2D eigenvalue weighted by Crippen LogP contribution is -2.46. The predicted molar refractivity (Wildman–Crippen MR) is 111 cm³/mol. The number of piperidine rings is 1. The second-order valence-corrected chi connectivity index (χ2v) is 8.06. The van der Waals surface area contributed by atoms with Crippen molar-refractivity contribution < 1.29 is 4.74 Å². The van der Waals surface area contributed by atoms with E-state index in [1.807, 2.05) is 22.8 Å². The van der Waals surface area contributed by atoms with Crippen LogP contribution in [0.4, 0.5) is 0 Å². The van der Waals surface area contributed by atoms with Gasteiger partial charge in [-0.05, 0) is 42.2 Å². The van der Waals surface area contributed by atoms with E-state index in [2.05, 4.69) is 33.1 Å². The third-order valence-electron chi connectivity index (χ3n) is 6.12. The summed E-state index contributed by atoms with van der Waals surface area (Å²) >= 11 is 0. The molecule has 2 atom stereocenters. The molecule has 2 bridgehead atoms. The zero-order valence-corrected chi connectivity index (χ0v) is 16.5. The SMILES string of the molecule is COc1ccc(CN2C[C@@H]3C[C@H](C2)c2ccc(-c4cncnc4)c(=O)n2C3)cc1. The van der Waals surface area contributed by atoms with Gasteiger partial charge in [0.1, 0.15) is 12.1 Å². The Kier molecular flexibility index (Phi) is 4.64. The monoisotopic (exact) mass is 388 g/mol. The van der Waals surface area contributed by atoms with Crippen molar-refractivity contribution in [3.63, 3.8) is 0 Å². The topological polar surface area (TPSA) is 60.2 Å². The van der Waals surface area contributed by atoms with E-state index < -0.39 is 0 Å². The summed E-state index contributed by atoms with van der Waals surface area (Å²) in [4.78, 5) is 23.8. The maximum Gasteiger partial charge on any atom is 0.258 e. The highest BCUT2D eigenvalue weighted by atomic mass is 16.5. The lowest BCUT2D eigenvalue weighted by Gasteiger charge is -2.43. The van der Waals surface area contributed by atoms with E-state index in [-0.39, 0.29) is 5.56 Å². The van der Waals surface area contributed by atoms with Crippen LogP contribution >= 0.6 is 0 Å². The van der Waals surface area contributed by atoms with Crippen LogP contribution in [0.3, 0.4) is 0 Å². The molecule has 3 aromatic rings. The fourth-order valence-electron chi connectivity index (χ4n) is 4.82. The van der Waals surface area contributed by atoms with E-state index in [9.17, 15) is 4.79 Å². The summed E-state index contributed by atoms with van der Waals surface area (Å²) in [6, 6.07) is 12.4. The van der Waals surface area contributed by atoms with Crippen LogP contribution < -0.4 is 10.3 Å². The molecule has 6 heteroatoms. The average molecular weight is 388 g/mol. The summed E-state index contributed by atoms with van der Waals surface area (Å²) in [5, 5.41) is 0. The van der Waals surface area contributed by atoms with E-state index in [0.717, 1.165) is 49.6 Å². The normalized spacial score (nSPS) is 20.9. The molecule has 5 rings (SSSR count). The molecule has 1 saturated heterocycles. The number of nitrogens with zero attached hydrogens (tertiary/aromatic N) is 4. The maximum absolute atomic E-state index is 13.2. The van der Waals surface area contributed by atoms with Crippen molar-refractivity contribution in [2.45, 2.75) is 25.4 Å². The van der Waals surface area contributed by atoms with Crippen LogP contribution in [0.15, 0.2) is 59.9 Å². The predicted octanol–water partition coefficient (Wildman–Crippen LogP) is 2.93. The summed E-state index contributed by atoms with van der Waals surface area (Å²) in [6.45, 7) is 3.72. The Bertz CT molecular complexity index is 1060. The average Bonchev–Trinajstić information content (AvgIpc) is 2.76. The van der Waals surface area contributed by atoms with Crippen molar-refractivity contribution in [1.29, 1.82) is 0 Å². The van der Waals surface area contributed by atoms with Crippen molar-refractivity contribution in [3.8, 4) is 16.9 Å². The van der Waals surface area contributed by atoms with E-state index in [1.165, 1.54) is 11.9 Å². The van der Waals surface area contributed by atoms with Crippen molar-refractivity contribution >= 4 is 0 Å². The van der Waals surface area contributed by atoms with E-state index in [1.54, 1.807) is 19.5 Å². The lowest BCUT2D eigenvalue weighted by atomic mass is 9.82. The molecule has 1 aromatic carbocycles. The molecule has 0 N–H and O–H groups in total. The second kappa shape index (κ2) is 7.44. The van der Waals surface area contributed by atoms with Gasteiger partial charge >= 0.3 is 0 Å². The fraction of sp³-hybridized carbons (Fsp3) is 0.348. The molecule has 2 aliphatic heterocycles. The number of methoxy groups -OCH3 is 1. The molecule has 0 spiro atoms. The number of benzene rings is 1. The van der Waals surface area contributed by atoms with E-state index in [4.69, 9.17) is 4.74 Å². The summed E-state index contributed by atoms with van der Waals surface area (Å²) < 4.78 is 7.25. The van der Waals surface area contributed by atoms with Gasteiger partial charge in [0.2, 0.25) is 0 Å². The Balaban J connectivity index is 1.39. The van der Waals surface area contributed by atoms with Crippen molar-refractivity contribution in [2.75, 3.05) is 20.2 Å². The first kappa shape index (κ1) is 18.1. The van der Waals surface area contributed by atoms with E-state index in [0.29, 0.717) is 17.4 Å². The third kappa shape index (κ3) is 3.44. The smallest absolute Gasteiger partial charge is 0.258 e. The molecule has 0 unspecified atom stereocenters. The van der Waals surface area contributed by atoms with Gasteiger partial charge < -0.3 is 9.30 Å². The van der Waals surface area contributed by atoms with Gasteiger partial charge in [0.15, 0.2) is 0 Å². The molecular formula is C23H24N4O2. The first-order valence-corrected chi connectivity index (χ1v) is 10.1. The van der Waals surface area contributed by atoms with Crippen LogP contribution in [0, 0.1) is 5.92 Å². The number of ether oxygens (including phenoxy) is 1. The Morgan fingerprint density at radius 2 is 1.83 bits per heavy atom. The first-order valence-electron chi connectivity index (χ1n) is 10.1. The number of hydrogen-bond donors (Lipinski definition) is 0. The van der Waals surface area contributed by atoms with Gasteiger partial charge in [0.25, 0.3) is 5.56 Å². The molecule has 6 nitrogen and oxygen atoms in total. The highest BCUT2D eigenvalue weighted by Crippen LogP contribution is 2.36. The standard InChI is InChI=1S/C23H24N4O2/c1-29-20-4-2-16(3-5-20)11-26-12-17-8-18(14-26)22-7-6-21(23(28)27(22)13-17)19-9-24-15-25-10-19/h2-7,9-10,15,17-18H,8,11-14H2,1H3/t17-,18+/m0/s1. The molecule has 0 aliphatic carbocycles. The van der Waals surface area contributed by atoms with Crippen LogP contribution in [-0.4, -0.2) is 39.6 Å². The van der Waals surface area contributed by atoms with Gasteiger partial charge in [0, 0.05) is 55.7 Å². The number of rotatable bonds is 4. The molecule has 0 radical (unpaired) electrons. The first-order chi connectivity index (χ1) is 14.2. The number of pyridine rings is 1. The Morgan fingerprint density at radius 3 is 2.59 bits per heavy atom. The number of aromatic nitrogens is 3. The van der Waals surface area contributed by atoms with Gasteiger partial charge in [0.05, 0.1) is 12.7 Å². The summed E-state index contributed by atoms with van der Waals surface area (Å²) in [5.74, 6) is 1.78. The number of likely N-dealkylation sites (tertiary alicyclic amines) is 1. The zero-order chi connectivity index (χ0) is 19.8. The van der Waals surface area contributed by atoms with Gasteiger partial charge in [-0.3, -0.25) is 9.69 Å². The van der Waals surface area contributed by atoms with Crippen LogP contribution in [0.25, 0.3) is 11.1 Å². The summed E-state index contributed by atoms with van der Waals surface area (Å²) in [7, 11) is 1.69. The molecule has 2 aliphatic rings. The van der Waals surface area contributed by atoms with Crippen LogP contribution in [0.5, 0.6) is 5.75 Å². The van der Waals surface area contributed by atoms with Crippen molar-refractivity contribution in [2.24, 2.45) is 5.92 Å². The van der Waals surface area contributed by atoms with Gasteiger partial charge in [-0.1, -0.05) is 12.1 Å². The lowest BCUT2D eigenvalue weighted by molar-refractivity contribution is 0.114. The third-order valence-corrected chi connectivity index (χ3v) is 6.12. The number of fused-ring (bicyclic) bond motifs is 4. The second-order valence-electron chi connectivity index (χ2n) is 8.06. The minimum absolute atomic E-state index is 0.0793. The number of hydrogen-bond acceptors (Lipinski definition) is 5. The highest BCUT2D eigenvalue weighted by Gasteiger charge is 2.35. The van der Waals surface area contributed by atoms with Gasteiger partial charge in [-0.2, -0.15) is 0 Å². The van der Waals surface area contributed by atoms with Crippen LogP contribution in [0.1, 0.15) is 23.6 Å². The van der Waals surface area contributed by atoms with Crippen molar-refractivity contribution in [1.82, 2.24) is 19.4 Å². The van der Waals surface area contributed by atoms with Crippen molar-refractivity contribution in [3.05, 3.63) is 76.7 Å². The summed E-state index contributed by atoms with van der Waals surface area (Å²) in [6.07, 6.45) is 6.06. The summed E-state index contributed by atoms with van der Waals surface area (Å²) in [5.41, 5.74) is 4.00. The molecule has 0 saturated carbocycles. The Hall–Kier alpha value is -2.99. The van der Waals surface area contributed by atoms with Gasteiger partial charge in [-0.25, -0.2) is 9.97 Å². The largest absolute Gasteiger partial charge is 0.497 e. The molecule has 1 fully saturated rings. The van der Waals surface area contributed by atoms with E-state index >= 15 is 0 Å². The zero-order valence-electron chi connectivity index (χ0n) is 16.5. The van der Waals surface area contributed by atoms with Crippen LogP contribution in [0.2, 0.25) is 0 Å².